The standard InChI is InChI=1S/C13H25N3/c1-6-7-8-9-14-13-11(4)15-16(10(2)3)12(13)5/h10,14H,6-9H2,1-5H3. The molecule has 0 radical (unpaired) electrons. The van der Waals surface area contributed by atoms with Crippen LogP contribution in [0.5, 0.6) is 0 Å². The monoisotopic (exact) mass is 223 g/mol. The molecule has 1 N–H and O–H groups in total. The van der Waals surface area contributed by atoms with Gasteiger partial charge in [0.25, 0.3) is 0 Å². The number of hydrogen-bond acceptors (Lipinski definition) is 2. The first-order valence-corrected chi connectivity index (χ1v) is 6.37. The van der Waals surface area contributed by atoms with Gasteiger partial charge in [-0.15, -0.1) is 0 Å². The summed E-state index contributed by atoms with van der Waals surface area (Å²) in [6, 6.07) is 0.435. The van der Waals surface area contributed by atoms with Crippen molar-refractivity contribution in [2.24, 2.45) is 0 Å². The van der Waals surface area contributed by atoms with Crippen molar-refractivity contribution in [3.8, 4) is 0 Å². The molecule has 0 aromatic carbocycles. The highest BCUT2D eigenvalue weighted by molar-refractivity contribution is 5.52. The second kappa shape index (κ2) is 5.92. The first kappa shape index (κ1) is 13.1. The topological polar surface area (TPSA) is 29.9 Å². The molecule has 1 rings (SSSR count). The Morgan fingerprint density at radius 1 is 1.25 bits per heavy atom. The lowest BCUT2D eigenvalue weighted by Crippen LogP contribution is -2.06. The van der Waals surface area contributed by atoms with Gasteiger partial charge in [0, 0.05) is 12.6 Å². The van der Waals surface area contributed by atoms with Crippen molar-refractivity contribution >= 4 is 5.69 Å². The molecule has 1 aromatic heterocycles. The van der Waals surface area contributed by atoms with Gasteiger partial charge in [0.05, 0.1) is 17.1 Å². The van der Waals surface area contributed by atoms with Crippen LogP contribution in [0.3, 0.4) is 0 Å². The Balaban J connectivity index is 2.65. The van der Waals surface area contributed by atoms with Gasteiger partial charge in [-0.3, -0.25) is 4.68 Å². The zero-order valence-corrected chi connectivity index (χ0v) is 11.3. The fraction of sp³-hybridized carbons (Fsp3) is 0.769. The summed E-state index contributed by atoms with van der Waals surface area (Å²) in [5.41, 5.74) is 3.59. The van der Waals surface area contributed by atoms with Crippen molar-refractivity contribution in [1.29, 1.82) is 0 Å². The Morgan fingerprint density at radius 3 is 2.44 bits per heavy atom. The second-order valence-electron chi connectivity index (χ2n) is 4.72. The maximum atomic E-state index is 4.56. The fourth-order valence-corrected chi connectivity index (χ4v) is 2.01. The van der Waals surface area contributed by atoms with E-state index in [9.17, 15) is 0 Å². The van der Waals surface area contributed by atoms with E-state index in [0.29, 0.717) is 6.04 Å². The van der Waals surface area contributed by atoms with Crippen LogP contribution >= 0.6 is 0 Å². The molecular formula is C13H25N3. The summed E-state index contributed by atoms with van der Waals surface area (Å²) >= 11 is 0. The van der Waals surface area contributed by atoms with E-state index < -0.39 is 0 Å². The quantitative estimate of drug-likeness (QED) is 0.745. The van der Waals surface area contributed by atoms with E-state index >= 15 is 0 Å². The third-order valence-corrected chi connectivity index (χ3v) is 2.90. The Bertz CT molecular complexity index is 326. The van der Waals surface area contributed by atoms with Crippen molar-refractivity contribution < 1.29 is 0 Å². The van der Waals surface area contributed by atoms with Gasteiger partial charge in [-0.25, -0.2) is 0 Å². The summed E-state index contributed by atoms with van der Waals surface area (Å²) in [6.07, 6.45) is 3.80. The van der Waals surface area contributed by atoms with Crippen LogP contribution in [0.25, 0.3) is 0 Å². The molecule has 0 fully saturated rings. The Labute approximate surface area is 99.2 Å². The summed E-state index contributed by atoms with van der Waals surface area (Å²) < 4.78 is 2.09. The maximum Gasteiger partial charge on any atom is 0.0828 e. The SMILES string of the molecule is CCCCCNc1c(C)nn(C(C)C)c1C. The van der Waals surface area contributed by atoms with Crippen LogP contribution in [0, 0.1) is 13.8 Å². The number of nitrogens with one attached hydrogen (secondary N) is 1. The van der Waals surface area contributed by atoms with Crippen LogP contribution in [-0.2, 0) is 0 Å². The molecule has 3 heteroatoms. The van der Waals surface area contributed by atoms with Crippen molar-refractivity contribution in [3.05, 3.63) is 11.4 Å². The molecule has 0 unspecified atom stereocenters. The lowest BCUT2D eigenvalue weighted by molar-refractivity contribution is 0.516. The number of aromatic nitrogens is 2. The molecule has 0 atom stereocenters. The number of nitrogens with zero attached hydrogens (tertiary/aromatic N) is 2. The Morgan fingerprint density at radius 2 is 1.94 bits per heavy atom. The van der Waals surface area contributed by atoms with E-state index in [1.165, 1.54) is 30.6 Å². The summed E-state index contributed by atoms with van der Waals surface area (Å²) in [7, 11) is 0. The van der Waals surface area contributed by atoms with E-state index in [-0.39, 0.29) is 0 Å². The average molecular weight is 223 g/mol. The van der Waals surface area contributed by atoms with Crippen LogP contribution in [0.1, 0.15) is 57.5 Å². The van der Waals surface area contributed by atoms with Gasteiger partial charge >= 0.3 is 0 Å². The average Bonchev–Trinajstić information content (AvgIpc) is 2.51. The Kier molecular flexibility index (Phi) is 4.84. The number of hydrogen-bond donors (Lipinski definition) is 1. The van der Waals surface area contributed by atoms with Crippen molar-refractivity contribution in [2.75, 3.05) is 11.9 Å². The maximum absolute atomic E-state index is 4.56. The van der Waals surface area contributed by atoms with Gasteiger partial charge in [0.2, 0.25) is 0 Å². The number of rotatable bonds is 6. The van der Waals surface area contributed by atoms with Crippen LogP contribution in [-0.4, -0.2) is 16.3 Å². The largest absolute Gasteiger partial charge is 0.382 e. The van der Waals surface area contributed by atoms with Crippen LogP contribution in [0.15, 0.2) is 0 Å². The summed E-state index contributed by atoms with van der Waals surface area (Å²) in [5, 5.41) is 8.07. The molecule has 0 spiro atoms. The first-order chi connectivity index (χ1) is 7.57. The molecule has 0 bridgehead atoms. The van der Waals surface area contributed by atoms with Gasteiger partial charge in [0.15, 0.2) is 0 Å². The minimum absolute atomic E-state index is 0.435. The summed E-state index contributed by atoms with van der Waals surface area (Å²) in [4.78, 5) is 0. The predicted octanol–water partition coefficient (Wildman–Crippen LogP) is 3.68. The van der Waals surface area contributed by atoms with Gasteiger partial charge in [-0.2, -0.15) is 5.10 Å². The van der Waals surface area contributed by atoms with E-state index in [0.717, 1.165) is 12.2 Å². The van der Waals surface area contributed by atoms with Crippen LogP contribution in [0.2, 0.25) is 0 Å². The number of unbranched alkanes of at least 4 members (excludes halogenated alkanes) is 2. The van der Waals surface area contributed by atoms with Crippen molar-refractivity contribution in [1.82, 2.24) is 9.78 Å². The third-order valence-electron chi connectivity index (χ3n) is 2.90. The molecule has 0 saturated carbocycles. The van der Waals surface area contributed by atoms with Gasteiger partial charge in [0.1, 0.15) is 0 Å². The molecule has 3 nitrogen and oxygen atoms in total. The molecule has 1 heterocycles. The smallest absolute Gasteiger partial charge is 0.0828 e. The lowest BCUT2D eigenvalue weighted by atomic mass is 10.2. The van der Waals surface area contributed by atoms with Crippen molar-refractivity contribution in [2.45, 2.75) is 59.9 Å². The molecule has 0 aliphatic heterocycles. The van der Waals surface area contributed by atoms with Crippen molar-refractivity contribution in [3.63, 3.8) is 0 Å². The highest BCUT2D eigenvalue weighted by Gasteiger charge is 2.12. The molecule has 0 aliphatic rings. The van der Waals surface area contributed by atoms with Gasteiger partial charge < -0.3 is 5.32 Å². The minimum Gasteiger partial charge on any atom is -0.382 e. The summed E-state index contributed by atoms with van der Waals surface area (Å²) in [5.74, 6) is 0. The number of aryl methyl sites for hydroxylation is 1. The fourth-order valence-electron chi connectivity index (χ4n) is 2.01. The van der Waals surface area contributed by atoms with Gasteiger partial charge in [-0.05, 0) is 34.1 Å². The van der Waals surface area contributed by atoms with E-state index in [4.69, 9.17) is 0 Å². The molecule has 16 heavy (non-hydrogen) atoms. The van der Waals surface area contributed by atoms with Crippen LogP contribution < -0.4 is 5.32 Å². The highest BCUT2D eigenvalue weighted by atomic mass is 15.3. The second-order valence-corrected chi connectivity index (χ2v) is 4.72. The molecule has 0 amide bonds. The Hall–Kier alpha value is -0.990. The number of anilines is 1. The highest BCUT2D eigenvalue weighted by Crippen LogP contribution is 2.22. The molecule has 0 saturated heterocycles. The van der Waals surface area contributed by atoms with E-state index in [1.807, 2.05) is 0 Å². The normalized spacial score (nSPS) is 11.1. The molecule has 0 aliphatic carbocycles. The molecule has 1 aromatic rings. The third kappa shape index (κ3) is 3.00. The minimum atomic E-state index is 0.435. The predicted molar refractivity (Wildman–Crippen MR) is 70.1 cm³/mol. The lowest BCUT2D eigenvalue weighted by Gasteiger charge is -2.09. The zero-order chi connectivity index (χ0) is 12.1. The van der Waals surface area contributed by atoms with E-state index in [1.54, 1.807) is 0 Å². The van der Waals surface area contributed by atoms with Gasteiger partial charge in [-0.1, -0.05) is 19.8 Å². The molecular weight excluding hydrogens is 198 g/mol. The molecule has 92 valence electrons. The van der Waals surface area contributed by atoms with Crippen LogP contribution in [0.4, 0.5) is 5.69 Å². The van der Waals surface area contributed by atoms with E-state index in [2.05, 4.69) is 49.7 Å². The zero-order valence-electron chi connectivity index (χ0n) is 11.3. The first-order valence-electron chi connectivity index (χ1n) is 6.37. The summed E-state index contributed by atoms with van der Waals surface area (Å²) in [6.45, 7) is 11.8.